The van der Waals surface area contributed by atoms with Gasteiger partial charge in [-0.15, -0.1) is 11.3 Å². The fraction of sp³-hybridized carbons (Fsp3) is 0.462. The molecular weight excluding hydrogens is 276 g/mol. The van der Waals surface area contributed by atoms with E-state index in [9.17, 15) is 9.90 Å². The second kappa shape index (κ2) is 6.62. The molecule has 2 aromatic heterocycles. The van der Waals surface area contributed by atoms with E-state index in [1.54, 1.807) is 16.3 Å². The van der Waals surface area contributed by atoms with Crippen LogP contribution in [0.1, 0.15) is 30.3 Å². The molecule has 0 aliphatic heterocycles. The van der Waals surface area contributed by atoms with Gasteiger partial charge in [-0.05, 0) is 6.42 Å². The Morgan fingerprint density at radius 1 is 1.60 bits per heavy atom. The maximum Gasteiger partial charge on any atom is 0.270 e. The van der Waals surface area contributed by atoms with Gasteiger partial charge < -0.3 is 10.4 Å². The van der Waals surface area contributed by atoms with Gasteiger partial charge >= 0.3 is 0 Å². The lowest BCUT2D eigenvalue weighted by Gasteiger charge is -2.09. The lowest BCUT2D eigenvalue weighted by atomic mass is 10.2. The number of hydrogen-bond acceptors (Lipinski definition) is 5. The number of hydrogen-bond donors (Lipinski definition) is 2. The van der Waals surface area contributed by atoms with Crippen LogP contribution in [0.4, 0.5) is 0 Å². The van der Waals surface area contributed by atoms with Crippen LogP contribution in [-0.4, -0.2) is 38.4 Å². The van der Waals surface area contributed by atoms with Crippen molar-refractivity contribution in [2.24, 2.45) is 7.05 Å². The molecular formula is C13H18N4O2S. The maximum atomic E-state index is 11.9. The highest BCUT2D eigenvalue weighted by molar-refractivity contribution is 7.13. The van der Waals surface area contributed by atoms with E-state index in [2.05, 4.69) is 15.4 Å². The minimum atomic E-state index is -0.500. The van der Waals surface area contributed by atoms with Crippen molar-refractivity contribution in [1.82, 2.24) is 20.1 Å². The van der Waals surface area contributed by atoms with E-state index >= 15 is 0 Å². The van der Waals surface area contributed by atoms with Crippen molar-refractivity contribution >= 4 is 17.2 Å². The molecule has 0 aliphatic carbocycles. The van der Waals surface area contributed by atoms with E-state index in [4.69, 9.17) is 0 Å². The molecule has 0 fully saturated rings. The van der Waals surface area contributed by atoms with Crippen molar-refractivity contribution in [2.45, 2.75) is 25.9 Å². The van der Waals surface area contributed by atoms with Crippen molar-refractivity contribution in [3.8, 4) is 10.6 Å². The van der Waals surface area contributed by atoms with Crippen molar-refractivity contribution in [1.29, 1.82) is 0 Å². The Morgan fingerprint density at radius 2 is 2.40 bits per heavy atom. The summed E-state index contributed by atoms with van der Waals surface area (Å²) in [6, 6.07) is 0. The molecule has 108 valence electrons. The van der Waals surface area contributed by atoms with Crippen LogP contribution in [0.2, 0.25) is 0 Å². The summed E-state index contributed by atoms with van der Waals surface area (Å²) in [4.78, 5) is 16.2. The number of carbonyl (C=O) groups is 1. The summed E-state index contributed by atoms with van der Waals surface area (Å²) in [5.41, 5.74) is 1.26. The predicted molar refractivity (Wildman–Crippen MR) is 77.6 cm³/mol. The van der Waals surface area contributed by atoms with Gasteiger partial charge in [0.1, 0.15) is 10.7 Å². The number of amides is 1. The molecule has 2 rings (SSSR count). The standard InChI is InChI=1S/C13H18N4O2S/c1-3-4-10(18)6-14-12(19)11-8-20-13(16-11)9-5-15-17(2)7-9/h5,7-8,10,18H,3-4,6H2,1-2H3,(H,14,19). The molecule has 0 aliphatic rings. The summed E-state index contributed by atoms with van der Waals surface area (Å²) in [5, 5.41) is 18.8. The number of thiazole rings is 1. The van der Waals surface area contributed by atoms with E-state index < -0.39 is 6.10 Å². The van der Waals surface area contributed by atoms with Crippen LogP contribution in [0.15, 0.2) is 17.8 Å². The zero-order chi connectivity index (χ0) is 14.5. The van der Waals surface area contributed by atoms with Crippen LogP contribution < -0.4 is 5.32 Å². The third kappa shape index (κ3) is 3.64. The van der Waals surface area contributed by atoms with E-state index in [1.807, 2.05) is 20.2 Å². The fourth-order valence-electron chi connectivity index (χ4n) is 1.78. The molecule has 0 saturated carbocycles. The van der Waals surface area contributed by atoms with E-state index in [0.29, 0.717) is 12.1 Å². The molecule has 1 atom stereocenters. The lowest BCUT2D eigenvalue weighted by molar-refractivity contribution is 0.0906. The Morgan fingerprint density at radius 3 is 3.05 bits per heavy atom. The molecule has 6 nitrogen and oxygen atoms in total. The molecule has 20 heavy (non-hydrogen) atoms. The monoisotopic (exact) mass is 294 g/mol. The van der Waals surface area contributed by atoms with Gasteiger partial charge in [-0.1, -0.05) is 13.3 Å². The predicted octanol–water partition coefficient (Wildman–Crippen LogP) is 1.43. The molecule has 7 heteroatoms. The highest BCUT2D eigenvalue weighted by atomic mass is 32.1. The molecule has 0 aromatic carbocycles. The highest BCUT2D eigenvalue weighted by Crippen LogP contribution is 2.22. The maximum absolute atomic E-state index is 11.9. The van der Waals surface area contributed by atoms with Crippen molar-refractivity contribution in [2.75, 3.05) is 6.54 Å². The van der Waals surface area contributed by atoms with Crippen LogP contribution in [-0.2, 0) is 7.05 Å². The largest absolute Gasteiger partial charge is 0.391 e. The third-order valence-electron chi connectivity index (χ3n) is 2.81. The van der Waals surface area contributed by atoms with Gasteiger partial charge in [0.2, 0.25) is 0 Å². The number of aryl methyl sites for hydroxylation is 1. The minimum absolute atomic E-state index is 0.256. The molecule has 1 amide bonds. The minimum Gasteiger partial charge on any atom is -0.391 e. The first-order valence-corrected chi connectivity index (χ1v) is 7.39. The third-order valence-corrected chi connectivity index (χ3v) is 3.70. The fourth-order valence-corrected chi connectivity index (χ4v) is 2.55. The van der Waals surface area contributed by atoms with Gasteiger partial charge in [-0.2, -0.15) is 5.10 Å². The van der Waals surface area contributed by atoms with Crippen LogP contribution in [0, 0.1) is 0 Å². The molecule has 2 aromatic rings. The normalized spacial score (nSPS) is 12.3. The Bertz CT molecular complexity index is 578. The topological polar surface area (TPSA) is 80.0 Å². The second-order valence-corrected chi connectivity index (χ2v) is 5.45. The second-order valence-electron chi connectivity index (χ2n) is 4.59. The Balaban J connectivity index is 1.96. The summed E-state index contributed by atoms with van der Waals surface area (Å²) >= 11 is 1.40. The van der Waals surface area contributed by atoms with Gasteiger partial charge in [0.05, 0.1) is 12.3 Å². The smallest absolute Gasteiger partial charge is 0.270 e. The molecule has 1 unspecified atom stereocenters. The summed E-state index contributed by atoms with van der Waals surface area (Å²) in [6.45, 7) is 2.25. The lowest BCUT2D eigenvalue weighted by Crippen LogP contribution is -2.32. The number of rotatable bonds is 6. The number of aromatic nitrogens is 3. The van der Waals surface area contributed by atoms with Gasteiger partial charge in [0.25, 0.3) is 5.91 Å². The average Bonchev–Trinajstić information content (AvgIpc) is 3.04. The van der Waals surface area contributed by atoms with E-state index in [0.717, 1.165) is 17.0 Å². The number of nitrogens with zero attached hydrogens (tertiary/aromatic N) is 3. The van der Waals surface area contributed by atoms with Crippen molar-refractivity contribution in [3.63, 3.8) is 0 Å². The first-order chi connectivity index (χ1) is 9.60. The molecule has 0 bridgehead atoms. The van der Waals surface area contributed by atoms with Crippen molar-refractivity contribution in [3.05, 3.63) is 23.5 Å². The Kier molecular flexibility index (Phi) is 4.86. The van der Waals surface area contributed by atoms with Gasteiger partial charge in [0, 0.05) is 30.7 Å². The van der Waals surface area contributed by atoms with E-state index in [1.165, 1.54) is 11.3 Å². The van der Waals surface area contributed by atoms with Gasteiger partial charge in [0.15, 0.2) is 0 Å². The Hall–Kier alpha value is -1.73. The van der Waals surface area contributed by atoms with Crippen LogP contribution in [0.5, 0.6) is 0 Å². The highest BCUT2D eigenvalue weighted by Gasteiger charge is 2.13. The summed E-state index contributed by atoms with van der Waals surface area (Å²) in [6.07, 6.45) is 4.63. The molecule has 2 heterocycles. The Labute approximate surface area is 121 Å². The van der Waals surface area contributed by atoms with Crippen molar-refractivity contribution < 1.29 is 9.90 Å². The molecule has 2 N–H and O–H groups in total. The van der Waals surface area contributed by atoms with Crippen LogP contribution in [0.3, 0.4) is 0 Å². The summed E-state index contributed by atoms with van der Waals surface area (Å²) < 4.78 is 1.69. The van der Waals surface area contributed by atoms with Gasteiger partial charge in [-0.3, -0.25) is 9.48 Å². The average molecular weight is 294 g/mol. The molecule has 0 radical (unpaired) electrons. The number of aliphatic hydroxyl groups excluding tert-OH is 1. The first-order valence-electron chi connectivity index (χ1n) is 6.51. The number of nitrogens with one attached hydrogen (secondary N) is 1. The summed E-state index contributed by atoms with van der Waals surface area (Å²) in [7, 11) is 1.83. The van der Waals surface area contributed by atoms with Crippen LogP contribution >= 0.6 is 11.3 Å². The van der Waals surface area contributed by atoms with Gasteiger partial charge in [-0.25, -0.2) is 4.98 Å². The zero-order valence-corrected chi connectivity index (χ0v) is 12.4. The number of aliphatic hydroxyl groups is 1. The summed E-state index contributed by atoms with van der Waals surface area (Å²) in [5.74, 6) is -0.258. The zero-order valence-electron chi connectivity index (χ0n) is 11.5. The first kappa shape index (κ1) is 14.7. The SMILES string of the molecule is CCCC(O)CNC(=O)c1csc(-c2cnn(C)c2)n1. The van der Waals surface area contributed by atoms with E-state index in [-0.39, 0.29) is 12.5 Å². The quantitative estimate of drug-likeness (QED) is 0.844. The molecule has 0 saturated heterocycles. The van der Waals surface area contributed by atoms with Crippen LogP contribution in [0.25, 0.3) is 10.6 Å². The molecule has 0 spiro atoms. The number of carbonyl (C=O) groups excluding carboxylic acids is 1.